The standard InChI is InChI=1S/C17H30ClN3/c1-4-20(5-2)12-8-13-21(6-3)14-11-19-17-10-7-9-16(18)15-17/h7,9-10,15,19H,4-6,8,11-14H2,1-3H3. The van der Waals surface area contributed by atoms with E-state index in [-0.39, 0.29) is 0 Å². The van der Waals surface area contributed by atoms with Crippen LogP contribution in [-0.2, 0) is 0 Å². The van der Waals surface area contributed by atoms with Gasteiger partial charge in [0.1, 0.15) is 0 Å². The van der Waals surface area contributed by atoms with E-state index in [1.807, 2.05) is 18.2 Å². The van der Waals surface area contributed by atoms with Gasteiger partial charge in [0.15, 0.2) is 0 Å². The topological polar surface area (TPSA) is 18.5 Å². The summed E-state index contributed by atoms with van der Waals surface area (Å²) in [4.78, 5) is 4.99. The number of anilines is 1. The molecule has 0 aromatic heterocycles. The summed E-state index contributed by atoms with van der Waals surface area (Å²) < 4.78 is 0. The largest absolute Gasteiger partial charge is 0.384 e. The van der Waals surface area contributed by atoms with E-state index >= 15 is 0 Å². The van der Waals surface area contributed by atoms with Gasteiger partial charge in [0.2, 0.25) is 0 Å². The zero-order valence-corrected chi connectivity index (χ0v) is 14.5. The van der Waals surface area contributed by atoms with E-state index in [1.165, 1.54) is 19.5 Å². The van der Waals surface area contributed by atoms with Crippen LogP contribution in [0.25, 0.3) is 0 Å². The normalized spacial score (nSPS) is 11.3. The summed E-state index contributed by atoms with van der Waals surface area (Å²) in [5.74, 6) is 0. The smallest absolute Gasteiger partial charge is 0.0426 e. The highest BCUT2D eigenvalue weighted by Crippen LogP contribution is 2.14. The second-order valence-corrected chi connectivity index (χ2v) is 5.69. The Morgan fingerprint density at radius 3 is 2.24 bits per heavy atom. The molecule has 0 amide bonds. The fraction of sp³-hybridized carbons (Fsp3) is 0.647. The molecule has 1 rings (SSSR count). The zero-order valence-electron chi connectivity index (χ0n) is 13.7. The Morgan fingerprint density at radius 1 is 0.952 bits per heavy atom. The van der Waals surface area contributed by atoms with Gasteiger partial charge in [0.05, 0.1) is 0 Å². The Balaban J connectivity index is 2.21. The Labute approximate surface area is 135 Å². The molecular formula is C17H30ClN3. The lowest BCUT2D eigenvalue weighted by molar-refractivity contribution is 0.248. The molecular weight excluding hydrogens is 282 g/mol. The van der Waals surface area contributed by atoms with E-state index in [4.69, 9.17) is 11.6 Å². The van der Waals surface area contributed by atoms with Gasteiger partial charge in [-0.2, -0.15) is 0 Å². The molecule has 0 saturated heterocycles. The third-order valence-electron chi connectivity index (χ3n) is 3.87. The number of likely N-dealkylation sites (N-methyl/N-ethyl adjacent to an activating group) is 1. The first-order chi connectivity index (χ1) is 10.2. The third-order valence-corrected chi connectivity index (χ3v) is 4.11. The van der Waals surface area contributed by atoms with Gasteiger partial charge in [0.25, 0.3) is 0 Å². The van der Waals surface area contributed by atoms with Gasteiger partial charge in [-0.15, -0.1) is 0 Å². The van der Waals surface area contributed by atoms with Crippen LogP contribution in [0.4, 0.5) is 5.69 Å². The van der Waals surface area contributed by atoms with E-state index in [0.717, 1.165) is 43.4 Å². The molecule has 1 aromatic rings. The van der Waals surface area contributed by atoms with Crippen LogP contribution in [0.1, 0.15) is 27.2 Å². The van der Waals surface area contributed by atoms with Crippen LogP contribution in [0.15, 0.2) is 24.3 Å². The highest BCUT2D eigenvalue weighted by atomic mass is 35.5. The molecule has 0 saturated carbocycles. The highest BCUT2D eigenvalue weighted by Gasteiger charge is 2.04. The van der Waals surface area contributed by atoms with E-state index in [9.17, 15) is 0 Å². The van der Waals surface area contributed by atoms with E-state index in [2.05, 4.69) is 42.0 Å². The van der Waals surface area contributed by atoms with Crippen molar-refractivity contribution in [3.05, 3.63) is 29.3 Å². The van der Waals surface area contributed by atoms with Crippen molar-refractivity contribution in [2.75, 3.05) is 51.1 Å². The van der Waals surface area contributed by atoms with Crippen LogP contribution in [0.3, 0.4) is 0 Å². The minimum absolute atomic E-state index is 0.784. The molecule has 0 atom stereocenters. The summed E-state index contributed by atoms with van der Waals surface area (Å²) in [6, 6.07) is 7.91. The van der Waals surface area contributed by atoms with Gasteiger partial charge in [-0.25, -0.2) is 0 Å². The van der Waals surface area contributed by atoms with Crippen molar-refractivity contribution < 1.29 is 0 Å². The molecule has 0 aliphatic heterocycles. The number of rotatable bonds is 11. The van der Waals surface area contributed by atoms with E-state index in [1.54, 1.807) is 0 Å². The van der Waals surface area contributed by atoms with Gasteiger partial charge < -0.3 is 15.1 Å². The lowest BCUT2D eigenvalue weighted by Crippen LogP contribution is -2.32. The van der Waals surface area contributed by atoms with Crippen LogP contribution >= 0.6 is 11.6 Å². The lowest BCUT2D eigenvalue weighted by Gasteiger charge is -2.23. The van der Waals surface area contributed by atoms with Crippen LogP contribution in [0, 0.1) is 0 Å². The van der Waals surface area contributed by atoms with Crippen LogP contribution in [-0.4, -0.2) is 55.6 Å². The summed E-state index contributed by atoms with van der Waals surface area (Å²) in [5, 5.41) is 4.22. The maximum atomic E-state index is 5.98. The van der Waals surface area contributed by atoms with Crippen LogP contribution in [0.5, 0.6) is 0 Å². The molecule has 3 nitrogen and oxygen atoms in total. The predicted molar refractivity (Wildman–Crippen MR) is 94.5 cm³/mol. The molecule has 21 heavy (non-hydrogen) atoms. The first-order valence-corrected chi connectivity index (χ1v) is 8.51. The van der Waals surface area contributed by atoms with Gasteiger partial charge in [0, 0.05) is 23.8 Å². The van der Waals surface area contributed by atoms with E-state index in [0.29, 0.717) is 0 Å². The molecule has 0 bridgehead atoms. The van der Waals surface area contributed by atoms with Crippen LogP contribution in [0.2, 0.25) is 5.02 Å². The molecule has 0 radical (unpaired) electrons. The van der Waals surface area contributed by atoms with Gasteiger partial charge in [-0.05, 0) is 57.3 Å². The molecule has 0 aliphatic rings. The number of halogens is 1. The van der Waals surface area contributed by atoms with E-state index < -0.39 is 0 Å². The Morgan fingerprint density at radius 2 is 1.62 bits per heavy atom. The Bertz CT molecular complexity index is 380. The number of nitrogens with zero attached hydrogens (tertiary/aromatic N) is 2. The van der Waals surface area contributed by atoms with Crippen molar-refractivity contribution in [2.24, 2.45) is 0 Å². The molecule has 0 fully saturated rings. The fourth-order valence-electron chi connectivity index (χ4n) is 2.44. The predicted octanol–water partition coefficient (Wildman–Crippen LogP) is 3.81. The molecule has 0 unspecified atom stereocenters. The van der Waals surface area contributed by atoms with Gasteiger partial charge in [-0.3, -0.25) is 0 Å². The highest BCUT2D eigenvalue weighted by molar-refractivity contribution is 6.30. The second-order valence-electron chi connectivity index (χ2n) is 5.25. The average Bonchev–Trinajstić information content (AvgIpc) is 2.50. The number of hydrogen-bond donors (Lipinski definition) is 1. The third kappa shape index (κ3) is 7.70. The molecule has 0 heterocycles. The molecule has 4 heteroatoms. The molecule has 1 N–H and O–H groups in total. The molecule has 120 valence electrons. The average molecular weight is 312 g/mol. The van der Waals surface area contributed by atoms with Crippen molar-refractivity contribution in [3.8, 4) is 0 Å². The number of nitrogens with one attached hydrogen (secondary N) is 1. The monoisotopic (exact) mass is 311 g/mol. The lowest BCUT2D eigenvalue weighted by atomic mass is 10.3. The first-order valence-electron chi connectivity index (χ1n) is 8.13. The minimum Gasteiger partial charge on any atom is -0.384 e. The Hall–Kier alpha value is -0.770. The zero-order chi connectivity index (χ0) is 15.5. The summed E-state index contributed by atoms with van der Waals surface area (Å²) in [5.41, 5.74) is 1.10. The van der Waals surface area contributed by atoms with Crippen molar-refractivity contribution in [1.29, 1.82) is 0 Å². The summed E-state index contributed by atoms with van der Waals surface area (Å²) in [7, 11) is 0. The molecule has 0 aliphatic carbocycles. The summed E-state index contributed by atoms with van der Waals surface area (Å²) in [6.45, 7) is 14.5. The molecule has 0 spiro atoms. The number of hydrogen-bond acceptors (Lipinski definition) is 3. The minimum atomic E-state index is 0.784. The Kier molecular flexibility index (Phi) is 9.48. The van der Waals surface area contributed by atoms with Crippen molar-refractivity contribution in [1.82, 2.24) is 9.80 Å². The van der Waals surface area contributed by atoms with Gasteiger partial charge >= 0.3 is 0 Å². The van der Waals surface area contributed by atoms with Crippen molar-refractivity contribution in [2.45, 2.75) is 27.2 Å². The SMILES string of the molecule is CCN(CC)CCCN(CC)CCNc1cccc(Cl)c1. The fourth-order valence-corrected chi connectivity index (χ4v) is 2.63. The van der Waals surface area contributed by atoms with Crippen LogP contribution < -0.4 is 5.32 Å². The quantitative estimate of drug-likeness (QED) is 0.670. The van der Waals surface area contributed by atoms with Crippen molar-refractivity contribution >= 4 is 17.3 Å². The maximum Gasteiger partial charge on any atom is 0.0426 e. The first kappa shape index (κ1) is 18.3. The summed E-state index contributed by atoms with van der Waals surface area (Å²) in [6.07, 6.45) is 1.24. The van der Waals surface area contributed by atoms with Gasteiger partial charge in [-0.1, -0.05) is 38.4 Å². The number of benzene rings is 1. The summed E-state index contributed by atoms with van der Waals surface area (Å²) >= 11 is 5.98. The second kappa shape index (κ2) is 10.9. The molecule has 1 aromatic carbocycles. The maximum absolute atomic E-state index is 5.98. The van der Waals surface area contributed by atoms with Crippen molar-refractivity contribution in [3.63, 3.8) is 0 Å².